The van der Waals surface area contributed by atoms with Crippen LogP contribution >= 0.6 is 0 Å². The largest absolute Gasteiger partial charge is 0.508 e. The van der Waals surface area contributed by atoms with Crippen molar-refractivity contribution in [2.45, 2.75) is 13.0 Å². The Kier molecular flexibility index (Phi) is 4.13. The number of phenols is 2. The van der Waals surface area contributed by atoms with E-state index in [0.29, 0.717) is 6.54 Å². The molecule has 1 amide bonds. The zero-order valence-corrected chi connectivity index (χ0v) is 9.32. The van der Waals surface area contributed by atoms with Gasteiger partial charge in [0.2, 0.25) is 0 Å². The second kappa shape index (κ2) is 5.37. The summed E-state index contributed by atoms with van der Waals surface area (Å²) < 4.78 is 0. The minimum absolute atomic E-state index is 0.133. The van der Waals surface area contributed by atoms with Crippen LogP contribution in [0.5, 0.6) is 11.5 Å². The highest BCUT2D eigenvalue weighted by Crippen LogP contribution is 2.20. The van der Waals surface area contributed by atoms with Gasteiger partial charge < -0.3 is 20.8 Å². The lowest BCUT2D eigenvalue weighted by molar-refractivity contribution is 0.0949. The summed E-state index contributed by atoms with van der Waals surface area (Å²) in [6.07, 6.45) is 0. The van der Waals surface area contributed by atoms with E-state index in [4.69, 9.17) is 0 Å². The molecular weight excluding hydrogens is 208 g/mol. The number of hydrogen-bond donors (Lipinski definition) is 4. The van der Waals surface area contributed by atoms with Crippen LogP contribution < -0.4 is 10.6 Å². The topological polar surface area (TPSA) is 81.6 Å². The van der Waals surface area contributed by atoms with Gasteiger partial charge in [0.05, 0.1) is 0 Å². The van der Waals surface area contributed by atoms with Crippen molar-refractivity contribution in [1.82, 2.24) is 10.6 Å². The molecule has 0 aliphatic carbocycles. The molecule has 0 bridgehead atoms. The van der Waals surface area contributed by atoms with Gasteiger partial charge in [-0.1, -0.05) is 0 Å². The van der Waals surface area contributed by atoms with Gasteiger partial charge in [-0.15, -0.1) is 0 Å². The number of hydrogen-bond acceptors (Lipinski definition) is 4. The first kappa shape index (κ1) is 12.3. The molecule has 0 saturated heterocycles. The molecule has 1 aromatic carbocycles. The molecule has 1 atom stereocenters. The molecule has 0 aliphatic heterocycles. The molecule has 0 radical (unpaired) electrons. The van der Waals surface area contributed by atoms with Gasteiger partial charge in [0, 0.05) is 24.2 Å². The first-order chi connectivity index (χ1) is 7.52. The van der Waals surface area contributed by atoms with Crippen molar-refractivity contribution >= 4 is 5.91 Å². The summed E-state index contributed by atoms with van der Waals surface area (Å²) in [6.45, 7) is 2.41. The zero-order valence-electron chi connectivity index (χ0n) is 9.32. The van der Waals surface area contributed by atoms with Gasteiger partial charge in [-0.05, 0) is 26.1 Å². The lowest BCUT2D eigenvalue weighted by atomic mass is 10.2. The van der Waals surface area contributed by atoms with E-state index in [1.807, 2.05) is 6.92 Å². The Morgan fingerprint density at radius 3 is 2.38 bits per heavy atom. The fraction of sp³-hybridized carbons (Fsp3) is 0.364. The van der Waals surface area contributed by atoms with E-state index in [2.05, 4.69) is 10.6 Å². The predicted octanol–water partition coefficient (Wildman–Crippen LogP) is 0.436. The quantitative estimate of drug-likeness (QED) is 0.598. The Morgan fingerprint density at radius 1 is 1.31 bits per heavy atom. The van der Waals surface area contributed by atoms with Crippen LogP contribution in [-0.2, 0) is 0 Å². The molecule has 0 heterocycles. The fourth-order valence-corrected chi connectivity index (χ4v) is 1.18. The maximum absolute atomic E-state index is 11.6. The van der Waals surface area contributed by atoms with E-state index in [1.165, 1.54) is 18.2 Å². The van der Waals surface area contributed by atoms with E-state index in [9.17, 15) is 15.0 Å². The summed E-state index contributed by atoms with van der Waals surface area (Å²) in [4.78, 5) is 11.6. The van der Waals surface area contributed by atoms with E-state index in [-0.39, 0.29) is 29.0 Å². The number of aromatic hydroxyl groups is 2. The third-order valence-corrected chi connectivity index (χ3v) is 2.23. The third-order valence-electron chi connectivity index (χ3n) is 2.23. The number of amides is 1. The van der Waals surface area contributed by atoms with Crippen molar-refractivity contribution in [3.63, 3.8) is 0 Å². The van der Waals surface area contributed by atoms with Crippen molar-refractivity contribution in [3.8, 4) is 11.5 Å². The molecular formula is C11H16N2O3. The Hall–Kier alpha value is -1.75. The van der Waals surface area contributed by atoms with Crippen LogP contribution in [0.25, 0.3) is 0 Å². The smallest absolute Gasteiger partial charge is 0.251 e. The monoisotopic (exact) mass is 224 g/mol. The summed E-state index contributed by atoms with van der Waals surface area (Å²) in [7, 11) is 1.80. The molecule has 88 valence electrons. The zero-order chi connectivity index (χ0) is 12.1. The fourth-order valence-electron chi connectivity index (χ4n) is 1.18. The van der Waals surface area contributed by atoms with Crippen LogP contribution in [0.2, 0.25) is 0 Å². The highest BCUT2D eigenvalue weighted by atomic mass is 16.3. The minimum atomic E-state index is -0.326. The van der Waals surface area contributed by atoms with E-state index in [0.717, 1.165) is 0 Å². The van der Waals surface area contributed by atoms with E-state index < -0.39 is 0 Å². The van der Waals surface area contributed by atoms with Gasteiger partial charge in [-0.3, -0.25) is 4.79 Å². The lowest BCUT2D eigenvalue weighted by Gasteiger charge is -2.11. The van der Waals surface area contributed by atoms with Crippen LogP contribution in [0, 0.1) is 0 Å². The molecule has 5 heteroatoms. The van der Waals surface area contributed by atoms with E-state index in [1.54, 1.807) is 7.05 Å². The standard InChI is InChI=1S/C11H16N2O3/c1-7(12-2)6-13-11(16)8-3-9(14)5-10(15)4-8/h3-5,7,12,14-15H,6H2,1-2H3,(H,13,16). The Morgan fingerprint density at radius 2 is 1.88 bits per heavy atom. The molecule has 0 aromatic heterocycles. The minimum Gasteiger partial charge on any atom is -0.508 e. The highest BCUT2D eigenvalue weighted by molar-refractivity contribution is 5.95. The average Bonchev–Trinajstić information content (AvgIpc) is 2.23. The van der Waals surface area contributed by atoms with Crippen LogP contribution in [0.1, 0.15) is 17.3 Å². The number of phenolic OH excluding ortho intramolecular Hbond substituents is 2. The Bertz CT molecular complexity index is 359. The van der Waals surface area contributed by atoms with E-state index >= 15 is 0 Å². The summed E-state index contributed by atoms with van der Waals surface area (Å²) in [5.74, 6) is -0.591. The molecule has 1 unspecified atom stereocenters. The molecule has 16 heavy (non-hydrogen) atoms. The molecule has 0 fully saturated rings. The van der Waals surface area contributed by atoms with Crippen LogP contribution in [0.4, 0.5) is 0 Å². The van der Waals surface area contributed by atoms with Crippen LogP contribution in [-0.4, -0.2) is 35.8 Å². The maximum atomic E-state index is 11.6. The lowest BCUT2D eigenvalue weighted by Crippen LogP contribution is -2.37. The summed E-state index contributed by atoms with van der Waals surface area (Å²) in [5, 5.41) is 24.1. The first-order valence-electron chi connectivity index (χ1n) is 5.01. The molecule has 1 rings (SSSR count). The highest BCUT2D eigenvalue weighted by Gasteiger charge is 2.09. The second-order valence-electron chi connectivity index (χ2n) is 3.64. The molecule has 0 spiro atoms. The molecule has 5 nitrogen and oxygen atoms in total. The number of nitrogens with one attached hydrogen (secondary N) is 2. The number of rotatable bonds is 4. The molecule has 0 aliphatic rings. The van der Waals surface area contributed by atoms with Gasteiger partial charge >= 0.3 is 0 Å². The molecule has 1 aromatic rings. The molecule has 4 N–H and O–H groups in total. The first-order valence-corrected chi connectivity index (χ1v) is 5.01. The number of likely N-dealkylation sites (N-methyl/N-ethyl adjacent to an activating group) is 1. The summed E-state index contributed by atoms with van der Waals surface area (Å²) in [6, 6.07) is 3.94. The van der Waals surface area contributed by atoms with Crippen molar-refractivity contribution in [2.75, 3.05) is 13.6 Å². The Labute approximate surface area is 94.1 Å². The maximum Gasteiger partial charge on any atom is 0.251 e. The van der Waals surface area contributed by atoms with Gasteiger partial charge in [0.15, 0.2) is 0 Å². The van der Waals surface area contributed by atoms with Crippen molar-refractivity contribution in [2.24, 2.45) is 0 Å². The normalized spacial score (nSPS) is 12.1. The number of benzene rings is 1. The van der Waals surface area contributed by atoms with Crippen LogP contribution in [0.3, 0.4) is 0 Å². The van der Waals surface area contributed by atoms with Crippen molar-refractivity contribution in [1.29, 1.82) is 0 Å². The Balaban J connectivity index is 2.66. The predicted molar refractivity (Wildman–Crippen MR) is 60.6 cm³/mol. The molecule has 0 saturated carbocycles. The van der Waals surface area contributed by atoms with Gasteiger partial charge in [-0.25, -0.2) is 0 Å². The summed E-state index contributed by atoms with van der Waals surface area (Å²) in [5.41, 5.74) is 0.237. The van der Waals surface area contributed by atoms with Gasteiger partial charge in [-0.2, -0.15) is 0 Å². The average molecular weight is 224 g/mol. The van der Waals surface area contributed by atoms with Crippen LogP contribution in [0.15, 0.2) is 18.2 Å². The SMILES string of the molecule is CNC(C)CNC(=O)c1cc(O)cc(O)c1. The number of carbonyl (C=O) groups excluding carboxylic acids is 1. The third kappa shape index (κ3) is 3.43. The van der Waals surface area contributed by atoms with Crippen molar-refractivity contribution < 1.29 is 15.0 Å². The van der Waals surface area contributed by atoms with Crippen molar-refractivity contribution in [3.05, 3.63) is 23.8 Å². The van der Waals surface area contributed by atoms with Gasteiger partial charge in [0.1, 0.15) is 11.5 Å². The number of carbonyl (C=O) groups is 1. The van der Waals surface area contributed by atoms with Gasteiger partial charge in [0.25, 0.3) is 5.91 Å². The second-order valence-corrected chi connectivity index (χ2v) is 3.64. The summed E-state index contributed by atoms with van der Waals surface area (Å²) >= 11 is 0.